The molecule has 0 amide bonds. The second-order valence-corrected chi connectivity index (χ2v) is 6.74. The van der Waals surface area contributed by atoms with Crippen LogP contribution >= 0.6 is 15.9 Å². The topological polar surface area (TPSA) is 30.5 Å². The first-order chi connectivity index (χ1) is 10.2. The Morgan fingerprint density at radius 1 is 1.19 bits per heavy atom. The molecule has 118 valence electrons. The predicted molar refractivity (Wildman–Crippen MR) is 90.1 cm³/mol. The lowest BCUT2D eigenvalue weighted by atomic mass is 9.84. The van der Waals surface area contributed by atoms with E-state index in [0.29, 0.717) is 6.04 Å². The van der Waals surface area contributed by atoms with Gasteiger partial charge in [-0.3, -0.25) is 0 Å². The fraction of sp³-hybridized carbons (Fsp3) is 0.647. The second-order valence-electron chi connectivity index (χ2n) is 5.88. The molecular weight excluding hydrogens is 330 g/mol. The van der Waals surface area contributed by atoms with Crippen LogP contribution in [0.4, 0.5) is 0 Å². The highest BCUT2D eigenvalue weighted by Gasteiger charge is 2.19. The third kappa shape index (κ3) is 4.36. The van der Waals surface area contributed by atoms with Gasteiger partial charge in [-0.25, -0.2) is 0 Å². The number of benzene rings is 1. The van der Waals surface area contributed by atoms with Crippen LogP contribution in [-0.2, 0) is 6.54 Å². The molecule has 1 aliphatic carbocycles. The molecule has 0 radical (unpaired) electrons. The minimum atomic E-state index is 0.567. The Kier molecular flexibility index (Phi) is 6.37. The highest BCUT2D eigenvalue weighted by molar-refractivity contribution is 9.10. The summed E-state index contributed by atoms with van der Waals surface area (Å²) in [6.45, 7) is 3.17. The van der Waals surface area contributed by atoms with Crippen molar-refractivity contribution in [2.75, 3.05) is 14.2 Å². The summed E-state index contributed by atoms with van der Waals surface area (Å²) in [6, 6.07) is 4.71. The van der Waals surface area contributed by atoms with Crippen LogP contribution in [0, 0.1) is 5.92 Å². The number of halogens is 1. The molecule has 0 aromatic heterocycles. The third-order valence-corrected chi connectivity index (χ3v) is 5.07. The first-order valence-electron chi connectivity index (χ1n) is 7.79. The first-order valence-corrected chi connectivity index (χ1v) is 8.58. The van der Waals surface area contributed by atoms with E-state index in [0.717, 1.165) is 28.4 Å². The van der Waals surface area contributed by atoms with Gasteiger partial charge in [-0.2, -0.15) is 0 Å². The molecule has 1 aromatic carbocycles. The SMILES string of the molecule is COc1cc(CNC(C)C2CCCCC2)cc(Br)c1OC. The fourth-order valence-corrected chi connectivity index (χ4v) is 3.80. The lowest BCUT2D eigenvalue weighted by Crippen LogP contribution is -2.34. The average Bonchev–Trinajstić information content (AvgIpc) is 2.52. The highest BCUT2D eigenvalue weighted by Crippen LogP contribution is 2.36. The van der Waals surface area contributed by atoms with E-state index < -0.39 is 0 Å². The van der Waals surface area contributed by atoms with Crippen molar-refractivity contribution in [3.05, 3.63) is 22.2 Å². The van der Waals surface area contributed by atoms with Crippen LogP contribution in [0.1, 0.15) is 44.6 Å². The number of nitrogens with one attached hydrogen (secondary N) is 1. The minimum absolute atomic E-state index is 0.567. The molecule has 0 heterocycles. The Hall–Kier alpha value is -0.740. The Balaban J connectivity index is 1.97. The Morgan fingerprint density at radius 3 is 2.52 bits per heavy atom. The van der Waals surface area contributed by atoms with Gasteiger partial charge in [0.1, 0.15) is 0 Å². The molecule has 0 bridgehead atoms. The molecule has 21 heavy (non-hydrogen) atoms. The molecule has 1 atom stereocenters. The van der Waals surface area contributed by atoms with E-state index >= 15 is 0 Å². The number of ether oxygens (including phenoxy) is 2. The van der Waals surface area contributed by atoms with Gasteiger partial charge < -0.3 is 14.8 Å². The number of hydrogen-bond donors (Lipinski definition) is 1. The van der Waals surface area contributed by atoms with E-state index in [9.17, 15) is 0 Å². The second kappa shape index (κ2) is 8.04. The molecule has 0 saturated heterocycles. The monoisotopic (exact) mass is 355 g/mol. The summed E-state index contributed by atoms with van der Waals surface area (Å²) in [6.07, 6.45) is 6.91. The molecule has 1 aliphatic rings. The van der Waals surface area contributed by atoms with E-state index in [2.05, 4.69) is 34.2 Å². The minimum Gasteiger partial charge on any atom is -0.493 e. The average molecular weight is 356 g/mol. The maximum atomic E-state index is 5.40. The maximum absolute atomic E-state index is 5.40. The lowest BCUT2D eigenvalue weighted by Gasteiger charge is -2.28. The zero-order valence-electron chi connectivity index (χ0n) is 13.2. The summed E-state index contributed by atoms with van der Waals surface area (Å²) in [5.41, 5.74) is 1.21. The van der Waals surface area contributed by atoms with E-state index in [1.165, 1.54) is 37.7 Å². The van der Waals surface area contributed by atoms with Crippen molar-refractivity contribution >= 4 is 15.9 Å². The van der Waals surface area contributed by atoms with Crippen molar-refractivity contribution < 1.29 is 9.47 Å². The summed E-state index contributed by atoms with van der Waals surface area (Å²) in [5.74, 6) is 2.35. The van der Waals surface area contributed by atoms with Crippen LogP contribution in [0.3, 0.4) is 0 Å². The van der Waals surface area contributed by atoms with Gasteiger partial charge in [0.15, 0.2) is 11.5 Å². The molecule has 1 saturated carbocycles. The smallest absolute Gasteiger partial charge is 0.174 e. The molecule has 4 heteroatoms. The van der Waals surface area contributed by atoms with Crippen LogP contribution in [0.15, 0.2) is 16.6 Å². The first kappa shape index (κ1) is 16.6. The van der Waals surface area contributed by atoms with Crippen molar-refractivity contribution in [2.45, 2.75) is 51.6 Å². The standard InChI is InChI=1S/C17H26BrNO2/c1-12(14-7-5-4-6-8-14)19-11-13-9-15(18)17(21-3)16(10-13)20-2/h9-10,12,14,19H,4-8,11H2,1-3H3. The van der Waals surface area contributed by atoms with Crippen molar-refractivity contribution in [2.24, 2.45) is 5.92 Å². The summed E-state index contributed by atoms with van der Waals surface area (Å²) in [5, 5.41) is 3.67. The lowest BCUT2D eigenvalue weighted by molar-refractivity contribution is 0.280. The normalized spacial score (nSPS) is 17.5. The zero-order valence-corrected chi connectivity index (χ0v) is 14.8. The summed E-state index contributed by atoms with van der Waals surface area (Å²) < 4.78 is 11.7. The van der Waals surface area contributed by atoms with E-state index in [-0.39, 0.29) is 0 Å². The molecule has 0 aliphatic heterocycles. The van der Waals surface area contributed by atoms with E-state index in [4.69, 9.17) is 9.47 Å². The molecule has 3 nitrogen and oxygen atoms in total. The molecule has 0 spiro atoms. The molecular formula is C17H26BrNO2. The van der Waals surface area contributed by atoms with Gasteiger partial charge >= 0.3 is 0 Å². The zero-order chi connectivity index (χ0) is 15.2. The molecule has 2 rings (SSSR count). The summed E-state index contributed by atoms with van der Waals surface area (Å²) in [4.78, 5) is 0. The van der Waals surface area contributed by atoms with Crippen molar-refractivity contribution in [3.63, 3.8) is 0 Å². The number of rotatable bonds is 6. The van der Waals surface area contributed by atoms with Crippen LogP contribution in [0.25, 0.3) is 0 Å². The summed E-state index contributed by atoms with van der Waals surface area (Å²) in [7, 11) is 3.33. The molecule has 1 fully saturated rings. The van der Waals surface area contributed by atoms with Crippen LogP contribution in [0.5, 0.6) is 11.5 Å². The largest absolute Gasteiger partial charge is 0.493 e. The maximum Gasteiger partial charge on any atom is 0.174 e. The molecule has 1 aromatic rings. The Morgan fingerprint density at radius 2 is 1.90 bits per heavy atom. The van der Waals surface area contributed by atoms with Crippen LogP contribution in [-0.4, -0.2) is 20.3 Å². The molecule has 1 unspecified atom stereocenters. The predicted octanol–water partition coefficient (Wildman–Crippen LogP) is 4.52. The van der Waals surface area contributed by atoms with Gasteiger partial charge in [0, 0.05) is 12.6 Å². The van der Waals surface area contributed by atoms with Gasteiger partial charge in [0.05, 0.1) is 18.7 Å². The van der Waals surface area contributed by atoms with E-state index in [1.807, 2.05) is 6.07 Å². The molecule has 1 N–H and O–H groups in total. The van der Waals surface area contributed by atoms with Crippen LogP contribution in [0.2, 0.25) is 0 Å². The Bertz CT molecular complexity index is 458. The number of hydrogen-bond acceptors (Lipinski definition) is 3. The van der Waals surface area contributed by atoms with Gasteiger partial charge in [-0.15, -0.1) is 0 Å². The van der Waals surface area contributed by atoms with Crippen molar-refractivity contribution in [1.29, 1.82) is 0 Å². The van der Waals surface area contributed by atoms with Gasteiger partial charge in [-0.05, 0) is 59.3 Å². The number of methoxy groups -OCH3 is 2. The highest BCUT2D eigenvalue weighted by atomic mass is 79.9. The van der Waals surface area contributed by atoms with Crippen molar-refractivity contribution in [1.82, 2.24) is 5.32 Å². The van der Waals surface area contributed by atoms with Gasteiger partial charge in [-0.1, -0.05) is 19.3 Å². The van der Waals surface area contributed by atoms with E-state index in [1.54, 1.807) is 14.2 Å². The van der Waals surface area contributed by atoms with Crippen molar-refractivity contribution in [3.8, 4) is 11.5 Å². The fourth-order valence-electron chi connectivity index (χ4n) is 3.15. The quantitative estimate of drug-likeness (QED) is 0.813. The van der Waals surface area contributed by atoms with Gasteiger partial charge in [0.25, 0.3) is 0 Å². The third-order valence-electron chi connectivity index (χ3n) is 4.48. The Labute approximate surface area is 136 Å². The summed E-state index contributed by atoms with van der Waals surface area (Å²) >= 11 is 3.55. The van der Waals surface area contributed by atoms with Gasteiger partial charge in [0.2, 0.25) is 0 Å². The van der Waals surface area contributed by atoms with Crippen LogP contribution < -0.4 is 14.8 Å².